The smallest absolute Gasteiger partial charge is 0.244 e. The molecule has 112 valence electrons. The minimum absolute atomic E-state index is 0.177. The van der Waals surface area contributed by atoms with Crippen LogP contribution in [0, 0.1) is 0 Å². The van der Waals surface area contributed by atoms with Gasteiger partial charge in [-0.05, 0) is 18.9 Å². The first-order valence-electron chi connectivity index (χ1n) is 7.18. The Kier molecular flexibility index (Phi) is 4.75. The molecule has 1 unspecified atom stereocenters. The van der Waals surface area contributed by atoms with E-state index in [9.17, 15) is 4.79 Å². The molecule has 2 aromatic rings. The van der Waals surface area contributed by atoms with Crippen LogP contribution in [0.4, 0.5) is 5.69 Å². The van der Waals surface area contributed by atoms with Gasteiger partial charge in [0, 0.05) is 6.20 Å². The Balaban J connectivity index is 1.99. The van der Waals surface area contributed by atoms with Crippen molar-refractivity contribution < 1.29 is 4.79 Å². The standard InChI is InChI=1S/C16H22N4O/c1-3-9-16(2,17)15(21)19-14-10-18-20(12-14)11-13-7-5-4-6-8-13/h4-8,10,12H,3,9,11,17H2,1-2H3,(H,19,21). The third kappa shape index (κ3) is 4.16. The largest absolute Gasteiger partial charge is 0.322 e. The summed E-state index contributed by atoms with van der Waals surface area (Å²) in [6, 6.07) is 10.0. The molecule has 5 heteroatoms. The van der Waals surface area contributed by atoms with Crippen LogP contribution in [0.5, 0.6) is 0 Å². The quantitative estimate of drug-likeness (QED) is 0.856. The second-order valence-electron chi connectivity index (χ2n) is 5.53. The number of carbonyl (C=O) groups excluding carboxylic acids is 1. The van der Waals surface area contributed by atoms with Gasteiger partial charge in [-0.25, -0.2) is 0 Å². The van der Waals surface area contributed by atoms with Crippen LogP contribution in [0.25, 0.3) is 0 Å². The number of rotatable bonds is 6. The van der Waals surface area contributed by atoms with E-state index >= 15 is 0 Å². The molecule has 2 rings (SSSR count). The molecule has 1 amide bonds. The molecule has 0 saturated carbocycles. The van der Waals surface area contributed by atoms with Gasteiger partial charge in [-0.15, -0.1) is 0 Å². The molecule has 0 aliphatic carbocycles. The van der Waals surface area contributed by atoms with Gasteiger partial charge < -0.3 is 11.1 Å². The third-order valence-corrected chi connectivity index (χ3v) is 3.37. The molecule has 1 atom stereocenters. The SMILES string of the molecule is CCCC(C)(N)C(=O)Nc1cnn(Cc2ccccc2)c1. The molecule has 0 fully saturated rings. The lowest BCUT2D eigenvalue weighted by Gasteiger charge is -2.22. The predicted octanol–water partition coefficient (Wildman–Crippen LogP) is 2.39. The van der Waals surface area contributed by atoms with Gasteiger partial charge in [-0.2, -0.15) is 5.10 Å². The topological polar surface area (TPSA) is 72.9 Å². The van der Waals surface area contributed by atoms with E-state index in [1.54, 1.807) is 17.8 Å². The Morgan fingerprint density at radius 1 is 1.38 bits per heavy atom. The summed E-state index contributed by atoms with van der Waals surface area (Å²) in [4.78, 5) is 12.1. The normalized spacial score (nSPS) is 13.7. The third-order valence-electron chi connectivity index (χ3n) is 3.37. The lowest BCUT2D eigenvalue weighted by atomic mass is 9.96. The molecule has 1 heterocycles. The Hall–Kier alpha value is -2.14. The number of anilines is 1. The fourth-order valence-corrected chi connectivity index (χ4v) is 2.19. The Labute approximate surface area is 125 Å². The van der Waals surface area contributed by atoms with Gasteiger partial charge >= 0.3 is 0 Å². The second-order valence-corrected chi connectivity index (χ2v) is 5.53. The summed E-state index contributed by atoms with van der Waals surface area (Å²) >= 11 is 0. The number of amides is 1. The van der Waals surface area contributed by atoms with Gasteiger partial charge in [0.25, 0.3) is 0 Å². The van der Waals surface area contributed by atoms with Gasteiger partial charge in [0.15, 0.2) is 0 Å². The summed E-state index contributed by atoms with van der Waals surface area (Å²) in [6.45, 7) is 4.43. The van der Waals surface area contributed by atoms with Crippen LogP contribution < -0.4 is 11.1 Å². The van der Waals surface area contributed by atoms with E-state index in [0.717, 1.165) is 12.0 Å². The molecular formula is C16H22N4O. The number of hydrogen-bond donors (Lipinski definition) is 2. The summed E-state index contributed by atoms with van der Waals surface area (Å²) in [5.41, 5.74) is 6.99. The highest BCUT2D eigenvalue weighted by molar-refractivity contribution is 5.97. The lowest BCUT2D eigenvalue weighted by molar-refractivity contribution is -0.120. The van der Waals surface area contributed by atoms with Crippen molar-refractivity contribution in [2.24, 2.45) is 5.73 Å². The van der Waals surface area contributed by atoms with Crippen LogP contribution in [0.1, 0.15) is 32.3 Å². The first-order valence-corrected chi connectivity index (χ1v) is 7.18. The Bertz CT molecular complexity index is 589. The van der Waals surface area contributed by atoms with Crippen molar-refractivity contribution in [3.8, 4) is 0 Å². The molecule has 1 aromatic heterocycles. The molecule has 0 aliphatic rings. The lowest BCUT2D eigenvalue weighted by Crippen LogP contribution is -2.48. The zero-order valence-corrected chi connectivity index (χ0v) is 12.5. The molecule has 0 saturated heterocycles. The molecule has 0 radical (unpaired) electrons. The molecule has 5 nitrogen and oxygen atoms in total. The van der Waals surface area contributed by atoms with Gasteiger partial charge in [-0.1, -0.05) is 43.7 Å². The predicted molar refractivity (Wildman–Crippen MR) is 83.9 cm³/mol. The molecular weight excluding hydrogens is 264 g/mol. The van der Waals surface area contributed by atoms with Crippen molar-refractivity contribution >= 4 is 11.6 Å². The second kappa shape index (κ2) is 6.54. The van der Waals surface area contributed by atoms with Crippen LogP contribution in [-0.4, -0.2) is 21.2 Å². The van der Waals surface area contributed by atoms with E-state index in [1.807, 2.05) is 43.5 Å². The van der Waals surface area contributed by atoms with Crippen LogP contribution >= 0.6 is 0 Å². The minimum atomic E-state index is -0.851. The van der Waals surface area contributed by atoms with Crippen molar-refractivity contribution in [2.75, 3.05) is 5.32 Å². The highest BCUT2D eigenvalue weighted by atomic mass is 16.2. The number of nitrogens with one attached hydrogen (secondary N) is 1. The highest BCUT2D eigenvalue weighted by Gasteiger charge is 2.27. The first kappa shape index (κ1) is 15.3. The van der Waals surface area contributed by atoms with E-state index in [1.165, 1.54) is 0 Å². The van der Waals surface area contributed by atoms with Crippen molar-refractivity contribution in [3.63, 3.8) is 0 Å². The maximum Gasteiger partial charge on any atom is 0.244 e. The highest BCUT2D eigenvalue weighted by Crippen LogP contribution is 2.14. The molecule has 3 N–H and O–H groups in total. The van der Waals surface area contributed by atoms with Crippen molar-refractivity contribution in [1.29, 1.82) is 0 Å². The van der Waals surface area contributed by atoms with E-state index in [0.29, 0.717) is 18.7 Å². The monoisotopic (exact) mass is 286 g/mol. The summed E-state index contributed by atoms with van der Waals surface area (Å²) < 4.78 is 1.79. The zero-order chi connectivity index (χ0) is 15.3. The Morgan fingerprint density at radius 3 is 2.76 bits per heavy atom. The molecule has 21 heavy (non-hydrogen) atoms. The zero-order valence-electron chi connectivity index (χ0n) is 12.5. The van der Waals surface area contributed by atoms with Gasteiger partial charge in [0.2, 0.25) is 5.91 Å². The number of nitrogens with zero attached hydrogens (tertiary/aromatic N) is 2. The van der Waals surface area contributed by atoms with Gasteiger partial charge in [0.1, 0.15) is 0 Å². The summed E-state index contributed by atoms with van der Waals surface area (Å²) in [5, 5.41) is 7.08. The number of aromatic nitrogens is 2. The van der Waals surface area contributed by atoms with E-state index in [2.05, 4.69) is 10.4 Å². The Morgan fingerprint density at radius 2 is 2.10 bits per heavy atom. The molecule has 0 bridgehead atoms. The number of benzene rings is 1. The number of nitrogens with two attached hydrogens (primary N) is 1. The maximum atomic E-state index is 12.1. The fourth-order valence-electron chi connectivity index (χ4n) is 2.19. The average Bonchev–Trinajstić information content (AvgIpc) is 2.87. The summed E-state index contributed by atoms with van der Waals surface area (Å²) in [5.74, 6) is -0.177. The van der Waals surface area contributed by atoms with Crippen molar-refractivity contribution in [3.05, 3.63) is 48.3 Å². The molecule has 1 aromatic carbocycles. The van der Waals surface area contributed by atoms with Crippen LogP contribution in [0.15, 0.2) is 42.7 Å². The van der Waals surface area contributed by atoms with E-state index in [-0.39, 0.29) is 5.91 Å². The van der Waals surface area contributed by atoms with Crippen LogP contribution in [0.3, 0.4) is 0 Å². The van der Waals surface area contributed by atoms with E-state index < -0.39 is 5.54 Å². The van der Waals surface area contributed by atoms with Gasteiger partial charge in [-0.3, -0.25) is 9.48 Å². The molecule has 0 aliphatic heterocycles. The number of carbonyl (C=O) groups is 1. The van der Waals surface area contributed by atoms with E-state index in [4.69, 9.17) is 5.73 Å². The first-order chi connectivity index (χ1) is 10.0. The molecule has 0 spiro atoms. The number of hydrogen-bond acceptors (Lipinski definition) is 3. The fraction of sp³-hybridized carbons (Fsp3) is 0.375. The minimum Gasteiger partial charge on any atom is -0.322 e. The summed E-state index contributed by atoms with van der Waals surface area (Å²) in [7, 11) is 0. The van der Waals surface area contributed by atoms with Crippen molar-refractivity contribution in [2.45, 2.75) is 38.8 Å². The van der Waals surface area contributed by atoms with Gasteiger partial charge in [0.05, 0.1) is 24.0 Å². The van der Waals surface area contributed by atoms with Crippen molar-refractivity contribution in [1.82, 2.24) is 9.78 Å². The average molecular weight is 286 g/mol. The van der Waals surface area contributed by atoms with Crippen LogP contribution in [-0.2, 0) is 11.3 Å². The van der Waals surface area contributed by atoms with Crippen LogP contribution in [0.2, 0.25) is 0 Å². The maximum absolute atomic E-state index is 12.1. The summed E-state index contributed by atoms with van der Waals surface area (Å²) in [6.07, 6.45) is 4.97.